The minimum atomic E-state index is 0.190. The third-order valence-electron chi connectivity index (χ3n) is 4.20. The van der Waals surface area contributed by atoms with Gasteiger partial charge in [0.2, 0.25) is 5.91 Å². The molecule has 3 rings (SSSR count). The molecule has 1 saturated heterocycles. The van der Waals surface area contributed by atoms with Crippen molar-refractivity contribution in [2.24, 2.45) is 13.0 Å². The molecule has 0 bridgehead atoms. The number of piperazine rings is 1. The summed E-state index contributed by atoms with van der Waals surface area (Å²) in [6.45, 7) is 3.32. The molecule has 1 atom stereocenters. The second kappa shape index (κ2) is 5.79. The lowest BCUT2D eigenvalue weighted by atomic mass is 9.94. The molecule has 0 N–H and O–H groups in total. The zero-order chi connectivity index (χ0) is 13.9. The van der Waals surface area contributed by atoms with Gasteiger partial charge in [0.15, 0.2) is 0 Å². The molecule has 1 aromatic rings. The fourth-order valence-corrected chi connectivity index (χ4v) is 3.09. The number of allylic oxidation sites excluding steroid dienone is 2. The molecular weight excluding hydrogens is 252 g/mol. The summed E-state index contributed by atoms with van der Waals surface area (Å²) in [5.74, 6) is 0.911. The quantitative estimate of drug-likeness (QED) is 0.783. The van der Waals surface area contributed by atoms with Crippen molar-refractivity contribution in [2.75, 3.05) is 31.1 Å². The summed E-state index contributed by atoms with van der Waals surface area (Å²) >= 11 is 0. The Morgan fingerprint density at radius 2 is 2.25 bits per heavy atom. The highest BCUT2D eigenvalue weighted by atomic mass is 16.2. The molecule has 0 unspecified atom stereocenters. The van der Waals surface area contributed by atoms with E-state index in [4.69, 9.17) is 0 Å². The van der Waals surface area contributed by atoms with Crippen molar-refractivity contribution in [3.05, 3.63) is 24.5 Å². The van der Waals surface area contributed by atoms with Gasteiger partial charge in [-0.25, -0.2) is 0 Å². The number of aryl methyl sites for hydroxylation is 1. The zero-order valence-corrected chi connectivity index (χ0v) is 12.0. The van der Waals surface area contributed by atoms with Gasteiger partial charge in [0.1, 0.15) is 0 Å². The predicted molar refractivity (Wildman–Crippen MR) is 78.5 cm³/mol. The van der Waals surface area contributed by atoms with E-state index < -0.39 is 0 Å². The summed E-state index contributed by atoms with van der Waals surface area (Å²) < 4.78 is 1.74. The first-order chi connectivity index (χ1) is 9.72. The van der Waals surface area contributed by atoms with Crippen molar-refractivity contribution < 1.29 is 4.79 Å². The van der Waals surface area contributed by atoms with Gasteiger partial charge in [-0.15, -0.1) is 0 Å². The van der Waals surface area contributed by atoms with Gasteiger partial charge in [-0.05, 0) is 25.2 Å². The van der Waals surface area contributed by atoms with Gasteiger partial charge in [-0.1, -0.05) is 12.2 Å². The van der Waals surface area contributed by atoms with Gasteiger partial charge < -0.3 is 4.90 Å². The van der Waals surface area contributed by atoms with Crippen LogP contribution in [0.4, 0.5) is 5.69 Å². The average Bonchev–Trinajstić information content (AvgIpc) is 2.86. The SMILES string of the molecule is Cn1cc(N2CCN(C[C@@H]3CC=CCC3)CC2=O)cn1. The van der Waals surface area contributed by atoms with Gasteiger partial charge in [0.25, 0.3) is 0 Å². The number of anilines is 1. The molecule has 5 nitrogen and oxygen atoms in total. The molecule has 0 radical (unpaired) electrons. The van der Waals surface area contributed by atoms with Gasteiger partial charge in [-0.3, -0.25) is 14.4 Å². The first-order valence-electron chi connectivity index (χ1n) is 7.39. The molecule has 108 valence electrons. The van der Waals surface area contributed by atoms with Crippen LogP contribution < -0.4 is 4.90 Å². The third-order valence-corrected chi connectivity index (χ3v) is 4.20. The number of hydrogen-bond acceptors (Lipinski definition) is 3. The Labute approximate surface area is 119 Å². The molecule has 1 fully saturated rings. The number of rotatable bonds is 3. The first kappa shape index (κ1) is 13.4. The molecule has 1 aliphatic carbocycles. The maximum atomic E-state index is 12.3. The van der Waals surface area contributed by atoms with Crippen LogP contribution in [-0.4, -0.2) is 46.8 Å². The van der Waals surface area contributed by atoms with Crippen molar-refractivity contribution in [2.45, 2.75) is 19.3 Å². The summed E-state index contributed by atoms with van der Waals surface area (Å²) in [6, 6.07) is 0. The maximum absolute atomic E-state index is 12.3. The van der Waals surface area contributed by atoms with E-state index in [2.05, 4.69) is 22.2 Å². The number of carbonyl (C=O) groups is 1. The molecule has 0 saturated carbocycles. The molecule has 0 spiro atoms. The Morgan fingerprint density at radius 3 is 2.90 bits per heavy atom. The highest BCUT2D eigenvalue weighted by molar-refractivity contribution is 5.95. The molecule has 0 aromatic carbocycles. The van der Waals surface area contributed by atoms with Crippen LogP contribution in [0.5, 0.6) is 0 Å². The summed E-state index contributed by atoms with van der Waals surface area (Å²) in [6.07, 6.45) is 11.8. The second-order valence-electron chi connectivity index (χ2n) is 5.80. The van der Waals surface area contributed by atoms with Crippen molar-refractivity contribution >= 4 is 11.6 Å². The van der Waals surface area contributed by atoms with E-state index in [-0.39, 0.29) is 5.91 Å². The van der Waals surface area contributed by atoms with Gasteiger partial charge >= 0.3 is 0 Å². The van der Waals surface area contributed by atoms with Crippen molar-refractivity contribution in [1.29, 1.82) is 0 Å². The van der Waals surface area contributed by atoms with Crippen LogP contribution in [0.25, 0.3) is 0 Å². The molecule has 20 heavy (non-hydrogen) atoms. The summed E-state index contributed by atoms with van der Waals surface area (Å²) in [4.78, 5) is 16.4. The van der Waals surface area contributed by atoms with Crippen molar-refractivity contribution in [3.8, 4) is 0 Å². The molecule has 5 heteroatoms. The Balaban J connectivity index is 1.56. The number of amides is 1. The summed E-state index contributed by atoms with van der Waals surface area (Å²) in [5.41, 5.74) is 0.915. The number of aromatic nitrogens is 2. The topological polar surface area (TPSA) is 41.4 Å². The van der Waals surface area contributed by atoms with Gasteiger partial charge in [0, 0.05) is 32.9 Å². The maximum Gasteiger partial charge on any atom is 0.241 e. The van der Waals surface area contributed by atoms with Crippen LogP contribution >= 0.6 is 0 Å². The molecular formula is C15H22N4O. The van der Waals surface area contributed by atoms with E-state index in [0.29, 0.717) is 6.54 Å². The molecule has 2 heterocycles. The Bertz CT molecular complexity index is 508. The normalized spacial score (nSPS) is 24.4. The van der Waals surface area contributed by atoms with Crippen LogP contribution in [0, 0.1) is 5.92 Å². The van der Waals surface area contributed by atoms with E-state index in [1.807, 2.05) is 18.1 Å². The van der Waals surface area contributed by atoms with Crippen LogP contribution in [0.2, 0.25) is 0 Å². The van der Waals surface area contributed by atoms with Gasteiger partial charge in [-0.2, -0.15) is 5.10 Å². The molecule has 1 amide bonds. The minimum Gasteiger partial charge on any atom is -0.307 e. The Kier molecular flexibility index (Phi) is 3.87. The monoisotopic (exact) mass is 274 g/mol. The lowest BCUT2D eigenvalue weighted by Gasteiger charge is -2.35. The first-order valence-corrected chi connectivity index (χ1v) is 7.39. The van der Waals surface area contributed by atoms with E-state index in [9.17, 15) is 4.79 Å². The molecule has 1 aliphatic heterocycles. The zero-order valence-electron chi connectivity index (χ0n) is 12.0. The van der Waals surface area contributed by atoms with Gasteiger partial charge in [0.05, 0.1) is 18.4 Å². The third kappa shape index (κ3) is 2.93. The minimum absolute atomic E-state index is 0.190. The predicted octanol–water partition coefficient (Wildman–Crippen LogP) is 1.42. The van der Waals surface area contributed by atoms with E-state index in [1.165, 1.54) is 12.8 Å². The highest BCUT2D eigenvalue weighted by Gasteiger charge is 2.27. The Morgan fingerprint density at radius 1 is 1.35 bits per heavy atom. The molecule has 2 aliphatic rings. The van der Waals surface area contributed by atoms with E-state index >= 15 is 0 Å². The van der Waals surface area contributed by atoms with E-state index in [0.717, 1.165) is 37.7 Å². The smallest absolute Gasteiger partial charge is 0.241 e. The average molecular weight is 274 g/mol. The van der Waals surface area contributed by atoms with Crippen molar-refractivity contribution in [3.63, 3.8) is 0 Å². The largest absolute Gasteiger partial charge is 0.307 e. The fraction of sp³-hybridized carbons (Fsp3) is 0.600. The molecule has 1 aromatic heterocycles. The lowest BCUT2D eigenvalue weighted by molar-refractivity contribution is -0.121. The lowest BCUT2D eigenvalue weighted by Crippen LogP contribution is -2.51. The second-order valence-corrected chi connectivity index (χ2v) is 5.80. The Hall–Kier alpha value is -1.62. The number of carbonyl (C=O) groups excluding carboxylic acids is 1. The van der Waals surface area contributed by atoms with E-state index in [1.54, 1.807) is 10.9 Å². The fourth-order valence-electron chi connectivity index (χ4n) is 3.09. The number of nitrogens with zero attached hydrogens (tertiary/aromatic N) is 4. The van der Waals surface area contributed by atoms with Crippen molar-refractivity contribution in [1.82, 2.24) is 14.7 Å². The summed E-state index contributed by atoms with van der Waals surface area (Å²) in [7, 11) is 1.88. The highest BCUT2D eigenvalue weighted by Crippen LogP contribution is 2.21. The van der Waals surface area contributed by atoms with Crippen LogP contribution in [0.3, 0.4) is 0 Å². The summed E-state index contributed by atoms with van der Waals surface area (Å²) in [5, 5.41) is 4.14. The van der Waals surface area contributed by atoms with Crippen LogP contribution in [0.15, 0.2) is 24.5 Å². The number of hydrogen-bond donors (Lipinski definition) is 0. The standard InChI is InChI=1S/C15H22N4O/c1-17-11-14(9-16-17)19-8-7-18(12-15(19)20)10-13-5-3-2-4-6-13/h2-3,9,11,13H,4-8,10,12H2,1H3/t13-/m1/s1. The van der Waals surface area contributed by atoms with Crippen LogP contribution in [-0.2, 0) is 11.8 Å². The van der Waals surface area contributed by atoms with Crippen LogP contribution in [0.1, 0.15) is 19.3 Å².